The average molecular weight is 371 g/mol. The van der Waals surface area contributed by atoms with Crippen LogP contribution < -0.4 is 10.1 Å². The zero-order valence-electron chi connectivity index (χ0n) is 15.2. The molecule has 142 valence electrons. The third kappa shape index (κ3) is 6.14. The van der Waals surface area contributed by atoms with Gasteiger partial charge in [0.25, 0.3) is 5.91 Å². The van der Waals surface area contributed by atoms with E-state index in [1.165, 1.54) is 19.2 Å². The molecular formula is C20H21NO6. The Morgan fingerprint density at radius 1 is 0.963 bits per heavy atom. The van der Waals surface area contributed by atoms with E-state index in [9.17, 15) is 14.4 Å². The van der Waals surface area contributed by atoms with Gasteiger partial charge in [-0.15, -0.1) is 0 Å². The predicted molar refractivity (Wildman–Crippen MR) is 97.7 cm³/mol. The van der Waals surface area contributed by atoms with Crippen LogP contribution in [0.15, 0.2) is 48.5 Å². The Labute approximate surface area is 157 Å². The molecule has 0 spiro atoms. The van der Waals surface area contributed by atoms with Gasteiger partial charge < -0.3 is 19.5 Å². The van der Waals surface area contributed by atoms with E-state index in [0.717, 1.165) is 11.3 Å². The molecule has 0 unspecified atom stereocenters. The first-order chi connectivity index (χ1) is 13.0. The molecular weight excluding hydrogens is 350 g/mol. The SMILES string of the molecule is COC(=O)c1ccccc1C(=O)OCC(=O)NCCOc1cccc(C)c1. The summed E-state index contributed by atoms with van der Waals surface area (Å²) in [6, 6.07) is 13.6. The molecule has 0 aliphatic heterocycles. The average Bonchev–Trinajstić information content (AvgIpc) is 2.69. The maximum Gasteiger partial charge on any atom is 0.339 e. The van der Waals surface area contributed by atoms with Crippen molar-refractivity contribution in [3.8, 4) is 5.75 Å². The minimum Gasteiger partial charge on any atom is -0.492 e. The van der Waals surface area contributed by atoms with E-state index in [1.807, 2.05) is 31.2 Å². The van der Waals surface area contributed by atoms with Crippen molar-refractivity contribution in [1.82, 2.24) is 5.32 Å². The van der Waals surface area contributed by atoms with Crippen LogP contribution in [0.5, 0.6) is 5.75 Å². The van der Waals surface area contributed by atoms with Crippen LogP contribution in [-0.2, 0) is 14.3 Å². The van der Waals surface area contributed by atoms with Crippen molar-refractivity contribution in [3.63, 3.8) is 0 Å². The minimum absolute atomic E-state index is 0.0416. The highest BCUT2D eigenvalue weighted by Gasteiger charge is 2.18. The van der Waals surface area contributed by atoms with Crippen molar-refractivity contribution in [2.45, 2.75) is 6.92 Å². The number of methoxy groups -OCH3 is 1. The van der Waals surface area contributed by atoms with Gasteiger partial charge in [-0.3, -0.25) is 4.79 Å². The van der Waals surface area contributed by atoms with Gasteiger partial charge in [-0.1, -0.05) is 24.3 Å². The van der Waals surface area contributed by atoms with Crippen LogP contribution in [-0.4, -0.2) is 44.7 Å². The zero-order valence-corrected chi connectivity index (χ0v) is 15.2. The number of carbonyl (C=O) groups is 3. The maximum atomic E-state index is 12.1. The number of nitrogens with one attached hydrogen (secondary N) is 1. The van der Waals surface area contributed by atoms with Gasteiger partial charge in [-0.2, -0.15) is 0 Å². The van der Waals surface area contributed by atoms with Gasteiger partial charge in [-0.25, -0.2) is 9.59 Å². The molecule has 0 aromatic heterocycles. The highest BCUT2D eigenvalue weighted by Crippen LogP contribution is 2.12. The molecule has 0 radical (unpaired) electrons. The van der Waals surface area contributed by atoms with E-state index in [0.29, 0.717) is 0 Å². The number of ether oxygens (including phenoxy) is 3. The first-order valence-electron chi connectivity index (χ1n) is 8.32. The van der Waals surface area contributed by atoms with E-state index in [-0.39, 0.29) is 24.3 Å². The summed E-state index contributed by atoms with van der Waals surface area (Å²) < 4.78 is 15.1. The van der Waals surface area contributed by atoms with Gasteiger partial charge in [0.2, 0.25) is 0 Å². The Morgan fingerprint density at radius 3 is 2.33 bits per heavy atom. The van der Waals surface area contributed by atoms with E-state index in [2.05, 4.69) is 10.1 Å². The molecule has 0 fully saturated rings. The second-order valence-electron chi connectivity index (χ2n) is 5.63. The molecule has 0 saturated heterocycles. The Bertz CT molecular complexity index is 818. The largest absolute Gasteiger partial charge is 0.492 e. The van der Waals surface area contributed by atoms with Crippen LogP contribution in [0.3, 0.4) is 0 Å². The summed E-state index contributed by atoms with van der Waals surface area (Å²) >= 11 is 0. The molecule has 0 saturated carbocycles. The van der Waals surface area contributed by atoms with Crippen LogP contribution in [0.25, 0.3) is 0 Å². The normalized spacial score (nSPS) is 10.0. The zero-order chi connectivity index (χ0) is 19.6. The van der Waals surface area contributed by atoms with Crippen LogP contribution >= 0.6 is 0 Å². The molecule has 1 N–H and O–H groups in total. The molecule has 1 amide bonds. The summed E-state index contributed by atoms with van der Waals surface area (Å²) in [7, 11) is 1.22. The molecule has 0 bridgehead atoms. The number of rotatable bonds is 8. The molecule has 7 nitrogen and oxygen atoms in total. The Hall–Kier alpha value is -3.35. The molecule has 0 aliphatic carbocycles. The van der Waals surface area contributed by atoms with Gasteiger partial charge in [-0.05, 0) is 36.8 Å². The summed E-state index contributed by atoms with van der Waals surface area (Å²) in [5.41, 5.74) is 1.20. The molecule has 2 aromatic carbocycles. The topological polar surface area (TPSA) is 90.9 Å². The van der Waals surface area contributed by atoms with E-state index in [4.69, 9.17) is 9.47 Å². The first-order valence-corrected chi connectivity index (χ1v) is 8.32. The van der Waals surface area contributed by atoms with Crippen LogP contribution in [0, 0.1) is 6.92 Å². The van der Waals surface area contributed by atoms with Gasteiger partial charge >= 0.3 is 11.9 Å². The lowest BCUT2D eigenvalue weighted by atomic mass is 10.1. The highest BCUT2D eigenvalue weighted by molar-refractivity contribution is 6.03. The monoisotopic (exact) mass is 371 g/mol. The molecule has 2 aromatic rings. The second-order valence-corrected chi connectivity index (χ2v) is 5.63. The predicted octanol–water partition coefficient (Wildman–Crippen LogP) is 2.13. The molecule has 0 atom stereocenters. The van der Waals surface area contributed by atoms with Crippen molar-refractivity contribution in [1.29, 1.82) is 0 Å². The first kappa shape index (κ1) is 20.0. The number of aryl methyl sites for hydroxylation is 1. The van der Waals surface area contributed by atoms with Gasteiger partial charge in [0.15, 0.2) is 6.61 Å². The molecule has 0 heterocycles. The Morgan fingerprint density at radius 2 is 1.67 bits per heavy atom. The fourth-order valence-electron chi connectivity index (χ4n) is 2.27. The number of hydrogen-bond acceptors (Lipinski definition) is 6. The molecule has 27 heavy (non-hydrogen) atoms. The van der Waals surface area contributed by atoms with Crippen molar-refractivity contribution < 1.29 is 28.6 Å². The van der Waals surface area contributed by atoms with Crippen LogP contribution in [0.2, 0.25) is 0 Å². The number of hydrogen-bond donors (Lipinski definition) is 1. The standard InChI is InChI=1S/C20H21NO6/c1-14-6-5-7-15(12-14)26-11-10-21-18(22)13-27-20(24)17-9-4-3-8-16(17)19(23)25-2/h3-9,12H,10-11,13H2,1-2H3,(H,21,22). The smallest absolute Gasteiger partial charge is 0.339 e. The lowest BCUT2D eigenvalue weighted by Gasteiger charge is -2.10. The number of amides is 1. The van der Waals surface area contributed by atoms with Crippen molar-refractivity contribution in [2.75, 3.05) is 26.9 Å². The third-order valence-electron chi connectivity index (χ3n) is 3.57. The van der Waals surface area contributed by atoms with Gasteiger partial charge in [0.05, 0.1) is 24.8 Å². The lowest BCUT2D eigenvalue weighted by molar-refractivity contribution is -0.124. The molecule has 2 rings (SSSR count). The van der Waals surface area contributed by atoms with Crippen LogP contribution in [0.4, 0.5) is 0 Å². The van der Waals surface area contributed by atoms with E-state index >= 15 is 0 Å². The lowest BCUT2D eigenvalue weighted by Crippen LogP contribution is -2.32. The quantitative estimate of drug-likeness (QED) is 0.565. The summed E-state index contributed by atoms with van der Waals surface area (Å²) in [6.07, 6.45) is 0. The summed E-state index contributed by atoms with van der Waals surface area (Å²) in [6.45, 7) is 2.05. The van der Waals surface area contributed by atoms with Gasteiger partial charge in [0.1, 0.15) is 12.4 Å². The second kappa shape index (κ2) is 9.96. The fraction of sp³-hybridized carbons (Fsp3) is 0.250. The summed E-state index contributed by atoms with van der Waals surface area (Å²) in [5, 5.41) is 2.59. The number of benzene rings is 2. The maximum absolute atomic E-state index is 12.1. The fourth-order valence-corrected chi connectivity index (χ4v) is 2.27. The summed E-state index contributed by atoms with van der Waals surface area (Å²) in [4.78, 5) is 35.6. The van der Waals surface area contributed by atoms with E-state index < -0.39 is 24.5 Å². The van der Waals surface area contributed by atoms with Crippen molar-refractivity contribution in [2.24, 2.45) is 0 Å². The highest BCUT2D eigenvalue weighted by atomic mass is 16.5. The van der Waals surface area contributed by atoms with Crippen molar-refractivity contribution in [3.05, 3.63) is 65.2 Å². The number of esters is 2. The Balaban J connectivity index is 1.75. The Kier molecular flexibility index (Phi) is 7.37. The van der Waals surface area contributed by atoms with Crippen molar-refractivity contribution >= 4 is 17.8 Å². The van der Waals surface area contributed by atoms with E-state index in [1.54, 1.807) is 12.1 Å². The minimum atomic E-state index is -0.776. The summed E-state index contributed by atoms with van der Waals surface area (Å²) in [5.74, 6) is -1.18. The number of carbonyl (C=O) groups excluding carboxylic acids is 3. The molecule has 0 aliphatic rings. The van der Waals surface area contributed by atoms with Gasteiger partial charge in [0, 0.05) is 0 Å². The third-order valence-corrected chi connectivity index (χ3v) is 3.57. The molecule has 7 heteroatoms. The van der Waals surface area contributed by atoms with Crippen LogP contribution in [0.1, 0.15) is 26.3 Å².